The zero-order valence-electron chi connectivity index (χ0n) is 12.7. The summed E-state index contributed by atoms with van der Waals surface area (Å²) in [6, 6.07) is 8.07. The van der Waals surface area contributed by atoms with Gasteiger partial charge in [0.1, 0.15) is 11.5 Å². The van der Waals surface area contributed by atoms with Crippen molar-refractivity contribution in [2.24, 2.45) is 0 Å². The van der Waals surface area contributed by atoms with Crippen molar-refractivity contribution >= 4 is 35.1 Å². The molecule has 0 saturated heterocycles. The van der Waals surface area contributed by atoms with Crippen molar-refractivity contribution in [2.75, 3.05) is 0 Å². The number of halogens is 2. The first-order valence-electron chi connectivity index (χ1n) is 5.63. The Labute approximate surface area is 181 Å². The summed E-state index contributed by atoms with van der Waals surface area (Å²) < 4.78 is 0. The SMILES string of the molecule is O=C([O-])c1cccc(Cl)c1O.O=C([O-])c1cccc(Cl)c1O.[Li+].[Na+]. The molecule has 0 aliphatic rings. The fraction of sp³-hybridized carbons (Fsp3) is 0. The van der Waals surface area contributed by atoms with Crippen molar-refractivity contribution in [3.8, 4) is 11.5 Å². The van der Waals surface area contributed by atoms with E-state index in [1.54, 1.807) is 0 Å². The van der Waals surface area contributed by atoms with Crippen LogP contribution in [0, 0.1) is 0 Å². The summed E-state index contributed by atoms with van der Waals surface area (Å²) in [5, 5.41) is 38.5. The molecule has 0 spiro atoms. The minimum absolute atomic E-state index is 0. The fourth-order valence-corrected chi connectivity index (χ4v) is 1.71. The van der Waals surface area contributed by atoms with Crippen LogP contribution in [0.3, 0.4) is 0 Å². The molecule has 0 aromatic heterocycles. The zero-order valence-corrected chi connectivity index (χ0v) is 16.3. The molecule has 0 unspecified atom stereocenters. The molecule has 0 amide bonds. The Morgan fingerprint density at radius 2 is 1.08 bits per heavy atom. The third-order valence-corrected chi connectivity index (χ3v) is 3.02. The van der Waals surface area contributed by atoms with Crippen LogP contribution in [-0.4, -0.2) is 22.2 Å². The quantitative estimate of drug-likeness (QED) is 0.508. The Kier molecular flexibility index (Phi) is 12.3. The van der Waals surface area contributed by atoms with Gasteiger partial charge in [-0.1, -0.05) is 35.3 Å². The van der Waals surface area contributed by atoms with E-state index in [2.05, 4.69) is 0 Å². The molecule has 24 heavy (non-hydrogen) atoms. The minimum Gasteiger partial charge on any atom is -0.545 e. The number of carbonyl (C=O) groups is 2. The van der Waals surface area contributed by atoms with Crippen LogP contribution in [0.15, 0.2) is 36.4 Å². The molecule has 0 atom stereocenters. The van der Waals surface area contributed by atoms with E-state index in [4.69, 9.17) is 33.4 Å². The second kappa shape index (κ2) is 11.7. The van der Waals surface area contributed by atoms with Gasteiger partial charge in [-0.25, -0.2) is 0 Å². The maximum atomic E-state index is 10.2. The van der Waals surface area contributed by atoms with Gasteiger partial charge in [0.05, 0.1) is 22.0 Å². The topological polar surface area (TPSA) is 121 Å². The molecule has 2 aromatic rings. The van der Waals surface area contributed by atoms with E-state index in [1.165, 1.54) is 36.4 Å². The minimum atomic E-state index is -1.44. The second-order valence-corrected chi connectivity index (χ2v) is 4.66. The Hall–Kier alpha value is -0.843. The third-order valence-electron chi connectivity index (χ3n) is 2.41. The number of rotatable bonds is 2. The predicted octanol–water partition coefficient (Wildman–Crippen LogP) is -5.17. The Morgan fingerprint density at radius 1 is 0.792 bits per heavy atom. The van der Waals surface area contributed by atoms with Gasteiger partial charge in [0.2, 0.25) is 0 Å². The molecular weight excluding hydrogens is 365 g/mol. The summed E-state index contributed by atoms with van der Waals surface area (Å²) in [5.41, 5.74) is -0.588. The van der Waals surface area contributed by atoms with Gasteiger partial charge in [0, 0.05) is 11.1 Å². The van der Waals surface area contributed by atoms with E-state index in [1.807, 2.05) is 0 Å². The van der Waals surface area contributed by atoms with E-state index in [0.717, 1.165) is 0 Å². The number of carboxylic acids is 2. The zero-order chi connectivity index (χ0) is 16.9. The predicted molar refractivity (Wildman–Crippen MR) is 74.9 cm³/mol. The average Bonchev–Trinajstić information content (AvgIpc) is 2.45. The number of benzene rings is 2. The number of aromatic carboxylic acids is 2. The third kappa shape index (κ3) is 6.96. The molecule has 0 aliphatic heterocycles. The van der Waals surface area contributed by atoms with Crippen molar-refractivity contribution in [1.29, 1.82) is 0 Å². The summed E-state index contributed by atoms with van der Waals surface area (Å²) in [6.07, 6.45) is 0. The summed E-state index contributed by atoms with van der Waals surface area (Å²) in [4.78, 5) is 20.5. The fourth-order valence-electron chi connectivity index (χ4n) is 1.36. The molecule has 2 aromatic carbocycles. The van der Waals surface area contributed by atoms with Crippen LogP contribution in [-0.2, 0) is 0 Å². The number of carboxylic acid groups (broad SMARTS) is 2. The number of para-hydroxylation sites is 2. The Balaban J connectivity index is 0. The second-order valence-electron chi connectivity index (χ2n) is 3.85. The van der Waals surface area contributed by atoms with E-state index in [-0.39, 0.29) is 69.6 Å². The normalized spacial score (nSPS) is 8.75. The number of carbonyl (C=O) groups excluding carboxylic acids is 2. The molecule has 116 valence electrons. The maximum Gasteiger partial charge on any atom is 1.00 e. The van der Waals surface area contributed by atoms with E-state index in [0.29, 0.717) is 0 Å². The van der Waals surface area contributed by atoms with Gasteiger partial charge in [-0.05, 0) is 24.3 Å². The average molecular weight is 373 g/mol. The van der Waals surface area contributed by atoms with E-state index >= 15 is 0 Å². The smallest absolute Gasteiger partial charge is 0.545 e. The van der Waals surface area contributed by atoms with Crippen LogP contribution < -0.4 is 58.6 Å². The number of aromatic hydroxyl groups is 2. The van der Waals surface area contributed by atoms with Gasteiger partial charge in [0.25, 0.3) is 0 Å². The molecule has 6 nitrogen and oxygen atoms in total. The van der Waals surface area contributed by atoms with Gasteiger partial charge in [-0.3, -0.25) is 0 Å². The molecule has 0 bridgehead atoms. The van der Waals surface area contributed by atoms with Crippen LogP contribution in [0.2, 0.25) is 10.0 Å². The first kappa shape index (κ1) is 25.4. The monoisotopic (exact) mass is 372 g/mol. The first-order valence-corrected chi connectivity index (χ1v) is 6.39. The van der Waals surface area contributed by atoms with Crippen molar-refractivity contribution in [3.05, 3.63) is 57.6 Å². The largest absolute Gasteiger partial charge is 1.00 e. The van der Waals surface area contributed by atoms with Gasteiger partial charge < -0.3 is 30.0 Å². The molecule has 0 aliphatic carbocycles. The van der Waals surface area contributed by atoms with Gasteiger partial charge >= 0.3 is 48.4 Å². The Bertz CT molecular complexity index is 665. The molecule has 0 fully saturated rings. The van der Waals surface area contributed by atoms with Gasteiger partial charge in [-0.2, -0.15) is 0 Å². The summed E-state index contributed by atoms with van der Waals surface area (Å²) in [6.45, 7) is 0. The molecule has 0 saturated carbocycles. The van der Waals surface area contributed by atoms with Crippen LogP contribution in [0.5, 0.6) is 11.5 Å². The number of hydrogen-bond acceptors (Lipinski definition) is 6. The molecule has 2 rings (SSSR count). The number of phenols is 2. The van der Waals surface area contributed by atoms with E-state index in [9.17, 15) is 19.8 Å². The van der Waals surface area contributed by atoms with Crippen LogP contribution in [0.4, 0.5) is 0 Å². The van der Waals surface area contributed by atoms with Crippen LogP contribution in [0.25, 0.3) is 0 Å². The molecule has 0 radical (unpaired) electrons. The van der Waals surface area contributed by atoms with Crippen molar-refractivity contribution in [1.82, 2.24) is 0 Å². The Morgan fingerprint density at radius 3 is 1.29 bits per heavy atom. The van der Waals surface area contributed by atoms with Crippen LogP contribution in [0.1, 0.15) is 20.7 Å². The molecule has 10 heteroatoms. The van der Waals surface area contributed by atoms with Crippen molar-refractivity contribution < 1.29 is 78.4 Å². The standard InChI is InChI=1S/2C7H5ClO3.Li.Na/c2*8-5-3-1-2-4(6(5)9)7(10)11;;/h2*1-3,9H,(H,10,11);;/q;;2*+1/p-2. The van der Waals surface area contributed by atoms with Gasteiger partial charge in [-0.15, -0.1) is 0 Å². The molecule has 0 heterocycles. The molecule has 2 N–H and O–H groups in total. The van der Waals surface area contributed by atoms with Crippen LogP contribution >= 0.6 is 23.2 Å². The first-order chi connectivity index (χ1) is 10.3. The summed E-state index contributed by atoms with van der Waals surface area (Å²) in [5.74, 6) is -3.78. The number of hydrogen-bond donors (Lipinski definition) is 2. The van der Waals surface area contributed by atoms with Gasteiger partial charge in [0.15, 0.2) is 0 Å². The molecular formula is C14H8Cl2LiNaO6. The summed E-state index contributed by atoms with van der Waals surface area (Å²) >= 11 is 10.8. The van der Waals surface area contributed by atoms with Crippen molar-refractivity contribution in [2.45, 2.75) is 0 Å². The van der Waals surface area contributed by atoms with Crippen molar-refractivity contribution in [3.63, 3.8) is 0 Å². The maximum absolute atomic E-state index is 10.2. The van der Waals surface area contributed by atoms with E-state index < -0.39 is 23.4 Å². The summed E-state index contributed by atoms with van der Waals surface area (Å²) in [7, 11) is 0.